The number of hydrogen-bond acceptors (Lipinski definition) is 4. The number of hydrogen-bond donors (Lipinski definition) is 1. The second-order valence-electron chi connectivity index (χ2n) is 5.13. The van der Waals surface area contributed by atoms with Crippen molar-refractivity contribution in [2.45, 2.75) is 19.4 Å². The summed E-state index contributed by atoms with van der Waals surface area (Å²) in [6.07, 6.45) is 0. The summed E-state index contributed by atoms with van der Waals surface area (Å²) in [6.45, 7) is 4.25. The third-order valence-electron chi connectivity index (χ3n) is 3.14. The lowest BCUT2D eigenvalue weighted by atomic mass is 10.0. The zero-order valence-electron chi connectivity index (χ0n) is 11.5. The Morgan fingerprint density at radius 1 is 1.40 bits per heavy atom. The molecule has 1 saturated heterocycles. The van der Waals surface area contributed by atoms with Crippen LogP contribution in [0.5, 0.6) is 5.75 Å². The number of halogens is 1. The number of carbonyl (C=O) groups is 2. The molecular formula is C14H17BrN2O3. The summed E-state index contributed by atoms with van der Waals surface area (Å²) >= 11 is 3.36. The van der Waals surface area contributed by atoms with E-state index in [2.05, 4.69) is 21.2 Å². The first kappa shape index (κ1) is 15.0. The number of piperazine rings is 1. The van der Waals surface area contributed by atoms with E-state index in [9.17, 15) is 9.59 Å². The fraction of sp³-hybridized carbons (Fsp3) is 0.429. The predicted molar refractivity (Wildman–Crippen MR) is 78.4 cm³/mol. The van der Waals surface area contributed by atoms with Crippen molar-refractivity contribution in [1.29, 1.82) is 0 Å². The van der Waals surface area contributed by atoms with Crippen molar-refractivity contribution in [2.75, 3.05) is 19.7 Å². The summed E-state index contributed by atoms with van der Waals surface area (Å²) in [5, 5.41) is 2.92. The summed E-state index contributed by atoms with van der Waals surface area (Å²) in [5.74, 6) is 0.271. The first-order chi connectivity index (χ1) is 9.40. The summed E-state index contributed by atoms with van der Waals surface area (Å²) in [6, 6.07) is 7.43. The Hall–Kier alpha value is -1.40. The third kappa shape index (κ3) is 3.37. The molecule has 1 fully saturated rings. The van der Waals surface area contributed by atoms with Gasteiger partial charge >= 0.3 is 0 Å². The number of amides is 2. The smallest absolute Gasteiger partial charge is 0.249 e. The van der Waals surface area contributed by atoms with Crippen LogP contribution in [0.25, 0.3) is 0 Å². The number of carbonyl (C=O) groups excluding carboxylic acids is 2. The van der Waals surface area contributed by atoms with E-state index in [0.717, 1.165) is 4.47 Å². The van der Waals surface area contributed by atoms with E-state index < -0.39 is 5.54 Å². The van der Waals surface area contributed by atoms with E-state index in [-0.39, 0.29) is 31.5 Å². The van der Waals surface area contributed by atoms with E-state index in [1.54, 1.807) is 13.8 Å². The molecule has 5 nitrogen and oxygen atoms in total. The molecular weight excluding hydrogens is 324 g/mol. The first-order valence-corrected chi connectivity index (χ1v) is 7.17. The minimum absolute atomic E-state index is 0.176. The van der Waals surface area contributed by atoms with Crippen molar-refractivity contribution >= 4 is 27.7 Å². The van der Waals surface area contributed by atoms with Crippen LogP contribution in [-0.2, 0) is 9.59 Å². The average molecular weight is 341 g/mol. The number of nitrogens with zero attached hydrogens (tertiary/aromatic N) is 1. The highest BCUT2D eigenvalue weighted by Gasteiger charge is 2.39. The van der Waals surface area contributed by atoms with Gasteiger partial charge in [-0.15, -0.1) is 0 Å². The van der Waals surface area contributed by atoms with Crippen LogP contribution in [0.2, 0.25) is 0 Å². The molecule has 1 N–H and O–H groups in total. The van der Waals surface area contributed by atoms with Crippen LogP contribution in [-0.4, -0.2) is 41.9 Å². The van der Waals surface area contributed by atoms with Crippen LogP contribution >= 0.6 is 15.9 Å². The quantitative estimate of drug-likeness (QED) is 0.845. The zero-order valence-corrected chi connectivity index (χ0v) is 13.1. The van der Waals surface area contributed by atoms with Gasteiger partial charge in [0.1, 0.15) is 12.4 Å². The lowest BCUT2D eigenvalue weighted by Crippen LogP contribution is -2.64. The zero-order chi connectivity index (χ0) is 14.8. The number of benzene rings is 1. The molecule has 0 aromatic heterocycles. The monoisotopic (exact) mass is 340 g/mol. The van der Waals surface area contributed by atoms with E-state index in [0.29, 0.717) is 5.75 Å². The highest BCUT2D eigenvalue weighted by Crippen LogP contribution is 2.18. The minimum atomic E-state index is -0.705. The second kappa shape index (κ2) is 5.93. The molecule has 0 radical (unpaired) electrons. The van der Waals surface area contributed by atoms with Gasteiger partial charge in [0.05, 0.1) is 18.6 Å². The normalized spacial score (nSPS) is 18.2. The van der Waals surface area contributed by atoms with E-state index in [1.165, 1.54) is 4.90 Å². The topological polar surface area (TPSA) is 58.6 Å². The van der Waals surface area contributed by atoms with Gasteiger partial charge in [-0.25, -0.2) is 0 Å². The van der Waals surface area contributed by atoms with Gasteiger partial charge in [-0.1, -0.05) is 22.0 Å². The van der Waals surface area contributed by atoms with Gasteiger partial charge in [0.15, 0.2) is 0 Å². The minimum Gasteiger partial charge on any atom is -0.492 e. The van der Waals surface area contributed by atoms with Crippen LogP contribution in [0.4, 0.5) is 0 Å². The molecule has 0 spiro atoms. The maximum absolute atomic E-state index is 12.1. The molecule has 2 amide bonds. The molecule has 1 heterocycles. The van der Waals surface area contributed by atoms with Gasteiger partial charge in [0.2, 0.25) is 11.8 Å². The number of imide groups is 1. The summed E-state index contributed by atoms with van der Waals surface area (Å²) in [5.41, 5.74) is -0.705. The van der Waals surface area contributed by atoms with Gasteiger partial charge in [-0.05, 0) is 32.0 Å². The lowest BCUT2D eigenvalue weighted by Gasteiger charge is -2.36. The molecule has 0 unspecified atom stereocenters. The summed E-state index contributed by atoms with van der Waals surface area (Å²) < 4.78 is 6.48. The fourth-order valence-corrected chi connectivity index (χ4v) is 2.33. The first-order valence-electron chi connectivity index (χ1n) is 6.38. The van der Waals surface area contributed by atoms with Crippen molar-refractivity contribution in [2.24, 2.45) is 0 Å². The third-order valence-corrected chi connectivity index (χ3v) is 3.64. The highest BCUT2D eigenvalue weighted by molar-refractivity contribution is 9.10. The predicted octanol–water partition coefficient (Wildman–Crippen LogP) is 1.56. The summed E-state index contributed by atoms with van der Waals surface area (Å²) in [7, 11) is 0. The van der Waals surface area contributed by atoms with E-state index >= 15 is 0 Å². The maximum Gasteiger partial charge on any atom is 0.249 e. The molecule has 0 saturated carbocycles. The molecule has 108 valence electrons. The van der Waals surface area contributed by atoms with Crippen LogP contribution in [0, 0.1) is 0 Å². The number of rotatable bonds is 4. The Labute approximate surface area is 126 Å². The molecule has 1 aliphatic rings. The van der Waals surface area contributed by atoms with Crippen molar-refractivity contribution in [3.63, 3.8) is 0 Å². The SMILES string of the molecule is CC1(C)NCC(=O)N(CCOc2cccc(Br)c2)C1=O. The molecule has 0 bridgehead atoms. The molecule has 6 heteroatoms. The number of ether oxygens (including phenoxy) is 1. The Kier molecular flexibility index (Phi) is 4.45. The summed E-state index contributed by atoms with van der Waals surface area (Å²) in [4.78, 5) is 25.2. The van der Waals surface area contributed by atoms with Crippen LogP contribution in [0.15, 0.2) is 28.7 Å². The van der Waals surface area contributed by atoms with Crippen LogP contribution < -0.4 is 10.1 Å². The van der Waals surface area contributed by atoms with Crippen molar-refractivity contribution in [1.82, 2.24) is 10.2 Å². The van der Waals surface area contributed by atoms with E-state index in [1.807, 2.05) is 24.3 Å². The molecule has 0 aliphatic carbocycles. The van der Waals surface area contributed by atoms with E-state index in [4.69, 9.17) is 4.74 Å². The Morgan fingerprint density at radius 3 is 2.85 bits per heavy atom. The Morgan fingerprint density at radius 2 is 2.15 bits per heavy atom. The fourth-order valence-electron chi connectivity index (χ4n) is 1.96. The van der Waals surface area contributed by atoms with Crippen LogP contribution in [0.1, 0.15) is 13.8 Å². The van der Waals surface area contributed by atoms with Gasteiger partial charge in [-0.2, -0.15) is 0 Å². The highest BCUT2D eigenvalue weighted by atomic mass is 79.9. The molecule has 20 heavy (non-hydrogen) atoms. The second-order valence-corrected chi connectivity index (χ2v) is 6.05. The van der Waals surface area contributed by atoms with Crippen molar-refractivity contribution in [3.8, 4) is 5.75 Å². The molecule has 0 atom stereocenters. The molecule has 2 rings (SSSR count). The van der Waals surface area contributed by atoms with Gasteiger partial charge in [-0.3, -0.25) is 19.8 Å². The molecule has 1 aromatic carbocycles. The largest absolute Gasteiger partial charge is 0.492 e. The lowest BCUT2D eigenvalue weighted by molar-refractivity contribution is -0.152. The van der Waals surface area contributed by atoms with Gasteiger partial charge in [0.25, 0.3) is 0 Å². The molecule has 1 aromatic rings. The molecule has 1 aliphatic heterocycles. The van der Waals surface area contributed by atoms with Crippen molar-refractivity contribution < 1.29 is 14.3 Å². The van der Waals surface area contributed by atoms with Crippen LogP contribution in [0.3, 0.4) is 0 Å². The Bertz CT molecular complexity index is 531. The average Bonchev–Trinajstić information content (AvgIpc) is 2.39. The van der Waals surface area contributed by atoms with Crippen molar-refractivity contribution in [3.05, 3.63) is 28.7 Å². The standard InChI is InChI=1S/C14H17BrN2O3/c1-14(2)13(19)17(12(18)9-16-14)6-7-20-11-5-3-4-10(15)8-11/h3-5,8,16H,6-7,9H2,1-2H3. The maximum atomic E-state index is 12.1. The Balaban J connectivity index is 1.92. The number of nitrogens with one attached hydrogen (secondary N) is 1. The van der Waals surface area contributed by atoms with Gasteiger partial charge in [0, 0.05) is 4.47 Å². The van der Waals surface area contributed by atoms with Gasteiger partial charge < -0.3 is 4.74 Å².